The molecule has 1 aliphatic heterocycles. The summed E-state index contributed by atoms with van der Waals surface area (Å²) in [5.41, 5.74) is 0.823. The number of piperidine rings is 1. The molecular weight excluding hydrogens is 272 g/mol. The van der Waals surface area contributed by atoms with Crippen molar-refractivity contribution in [2.45, 2.75) is 25.3 Å². The number of nitrogens with zero attached hydrogens (tertiary/aromatic N) is 1. The van der Waals surface area contributed by atoms with Crippen molar-refractivity contribution in [3.8, 4) is 5.75 Å². The van der Waals surface area contributed by atoms with Gasteiger partial charge in [0.05, 0.1) is 13.0 Å². The Morgan fingerprint density at radius 1 is 1.43 bits per heavy atom. The number of rotatable bonds is 7. The number of carboxylic acid groups (broad SMARTS) is 1. The van der Waals surface area contributed by atoms with Gasteiger partial charge in [-0.1, -0.05) is 0 Å². The lowest BCUT2D eigenvalue weighted by molar-refractivity contribution is -0.137. The molecule has 0 radical (unpaired) electrons. The standard InChI is InChI=1S/C15H20N2O4/c18-11-17(13-2-1-8-16-10-13)12-3-5-14(6-4-12)21-9-7-15(19)20/h3-6,11,13,16H,1-2,7-10H2,(H,19,20)/t13-/m1/s1. The van der Waals surface area contributed by atoms with Crippen molar-refractivity contribution in [2.75, 3.05) is 24.6 Å². The van der Waals surface area contributed by atoms with Crippen LogP contribution in [0.2, 0.25) is 0 Å². The number of aliphatic carboxylic acids is 1. The van der Waals surface area contributed by atoms with E-state index in [9.17, 15) is 9.59 Å². The van der Waals surface area contributed by atoms with E-state index in [4.69, 9.17) is 9.84 Å². The van der Waals surface area contributed by atoms with Gasteiger partial charge in [0.25, 0.3) is 0 Å². The lowest BCUT2D eigenvalue weighted by Crippen LogP contribution is -2.45. The van der Waals surface area contributed by atoms with Gasteiger partial charge in [-0.3, -0.25) is 9.59 Å². The molecule has 0 aliphatic carbocycles. The molecule has 0 bridgehead atoms. The molecule has 0 aromatic heterocycles. The van der Waals surface area contributed by atoms with Crippen molar-refractivity contribution in [2.24, 2.45) is 0 Å². The van der Waals surface area contributed by atoms with Crippen molar-refractivity contribution in [1.29, 1.82) is 0 Å². The lowest BCUT2D eigenvalue weighted by Gasteiger charge is -2.31. The number of hydrogen-bond donors (Lipinski definition) is 2. The Morgan fingerprint density at radius 2 is 2.19 bits per heavy atom. The molecule has 21 heavy (non-hydrogen) atoms. The van der Waals surface area contributed by atoms with Gasteiger partial charge in [0, 0.05) is 18.3 Å². The minimum atomic E-state index is -0.886. The number of carbonyl (C=O) groups excluding carboxylic acids is 1. The van der Waals surface area contributed by atoms with Crippen molar-refractivity contribution < 1.29 is 19.4 Å². The minimum absolute atomic E-state index is 0.0318. The molecule has 1 heterocycles. The molecule has 0 unspecified atom stereocenters. The van der Waals surface area contributed by atoms with Gasteiger partial charge in [0.2, 0.25) is 6.41 Å². The largest absolute Gasteiger partial charge is 0.493 e. The van der Waals surface area contributed by atoms with Gasteiger partial charge in [0.15, 0.2) is 0 Å². The zero-order chi connectivity index (χ0) is 15.1. The Morgan fingerprint density at radius 3 is 2.76 bits per heavy atom. The first-order valence-corrected chi connectivity index (χ1v) is 7.09. The molecule has 1 atom stereocenters. The first-order chi connectivity index (χ1) is 10.2. The molecule has 114 valence electrons. The summed E-state index contributed by atoms with van der Waals surface area (Å²) in [5, 5.41) is 11.8. The predicted molar refractivity (Wildman–Crippen MR) is 78.6 cm³/mol. The van der Waals surface area contributed by atoms with Crippen LogP contribution in [0.1, 0.15) is 19.3 Å². The van der Waals surface area contributed by atoms with Gasteiger partial charge >= 0.3 is 5.97 Å². The molecule has 1 saturated heterocycles. The first-order valence-electron chi connectivity index (χ1n) is 7.09. The van der Waals surface area contributed by atoms with Crippen LogP contribution in [0, 0.1) is 0 Å². The fourth-order valence-electron chi connectivity index (χ4n) is 2.40. The summed E-state index contributed by atoms with van der Waals surface area (Å²) in [7, 11) is 0. The summed E-state index contributed by atoms with van der Waals surface area (Å²) in [6.07, 6.45) is 2.88. The molecule has 6 nitrogen and oxygen atoms in total. The van der Waals surface area contributed by atoms with Gasteiger partial charge in [-0.15, -0.1) is 0 Å². The number of benzene rings is 1. The number of carboxylic acids is 1. The summed E-state index contributed by atoms with van der Waals surface area (Å²) in [4.78, 5) is 23.5. The Hall–Kier alpha value is -2.08. The van der Waals surface area contributed by atoms with Gasteiger partial charge < -0.3 is 20.1 Å². The lowest BCUT2D eigenvalue weighted by atomic mass is 10.1. The van der Waals surface area contributed by atoms with Crippen LogP contribution in [0.15, 0.2) is 24.3 Å². The van der Waals surface area contributed by atoms with Crippen LogP contribution in [-0.4, -0.2) is 43.2 Å². The van der Waals surface area contributed by atoms with Gasteiger partial charge in [-0.2, -0.15) is 0 Å². The smallest absolute Gasteiger partial charge is 0.306 e. The number of carbonyl (C=O) groups is 2. The van der Waals surface area contributed by atoms with Gasteiger partial charge in [-0.25, -0.2) is 0 Å². The topological polar surface area (TPSA) is 78.9 Å². The molecule has 1 aromatic carbocycles. The average molecular weight is 292 g/mol. The third-order valence-electron chi connectivity index (χ3n) is 3.50. The maximum Gasteiger partial charge on any atom is 0.306 e. The van der Waals surface area contributed by atoms with E-state index >= 15 is 0 Å². The highest BCUT2D eigenvalue weighted by Gasteiger charge is 2.20. The van der Waals surface area contributed by atoms with E-state index in [-0.39, 0.29) is 19.1 Å². The van der Waals surface area contributed by atoms with Crippen molar-refractivity contribution in [3.63, 3.8) is 0 Å². The van der Waals surface area contributed by atoms with Crippen molar-refractivity contribution in [1.82, 2.24) is 5.32 Å². The van der Waals surface area contributed by atoms with E-state index in [0.717, 1.165) is 38.0 Å². The van der Waals surface area contributed by atoms with Crippen LogP contribution in [0.25, 0.3) is 0 Å². The Bertz CT molecular complexity index is 469. The summed E-state index contributed by atoms with van der Waals surface area (Å²) < 4.78 is 5.33. The number of anilines is 1. The van der Waals surface area contributed by atoms with Crippen LogP contribution < -0.4 is 15.0 Å². The van der Waals surface area contributed by atoms with Crippen molar-refractivity contribution in [3.05, 3.63) is 24.3 Å². The number of hydrogen-bond acceptors (Lipinski definition) is 4. The monoisotopic (exact) mass is 292 g/mol. The summed E-state index contributed by atoms with van der Waals surface area (Å²) in [5.74, 6) is -0.281. The Labute approximate surface area is 123 Å². The molecular formula is C15H20N2O4. The fraction of sp³-hybridized carbons (Fsp3) is 0.467. The van der Waals surface area contributed by atoms with Crippen LogP contribution in [0.3, 0.4) is 0 Å². The Balaban J connectivity index is 1.95. The molecule has 1 aromatic rings. The predicted octanol–water partition coefficient (Wildman–Crippen LogP) is 1.25. The molecule has 0 spiro atoms. The third-order valence-corrected chi connectivity index (χ3v) is 3.50. The zero-order valence-electron chi connectivity index (χ0n) is 11.8. The van der Waals surface area contributed by atoms with E-state index in [2.05, 4.69) is 5.32 Å². The first kappa shape index (κ1) is 15.3. The second kappa shape index (κ2) is 7.64. The molecule has 0 saturated carbocycles. The molecule has 6 heteroatoms. The maximum absolute atomic E-state index is 11.3. The highest BCUT2D eigenvalue weighted by atomic mass is 16.5. The summed E-state index contributed by atoms with van der Waals surface area (Å²) in [6.45, 7) is 1.94. The van der Waals surface area contributed by atoms with Crippen molar-refractivity contribution >= 4 is 18.1 Å². The molecule has 1 amide bonds. The van der Waals surface area contributed by atoms with Crippen LogP contribution in [0.5, 0.6) is 5.75 Å². The highest BCUT2D eigenvalue weighted by Crippen LogP contribution is 2.22. The summed E-state index contributed by atoms with van der Waals surface area (Å²) in [6, 6.07) is 7.32. The van der Waals surface area contributed by atoms with Gasteiger partial charge in [-0.05, 0) is 43.7 Å². The van der Waals surface area contributed by atoms with E-state index in [0.29, 0.717) is 5.75 Å². The molecule has 2 rings (SSSR count). The minimum Gasteiger partial charge on any atom is -0.493 e. The van der Waals surface area contributed by atoms with E-state index in [1.807, 2.05) is 12.1 Å². The third kappa shape index (κ3) is 4.46. The quantitative estimate of drug-likeness (QED) is 0.740. The second-order valence-corrected chi connectivity index (χ2v) is 5.00. The normalized spacial score (nSPS) is 18.0. The Kier molecular flexibility index (Phi) is 5.57. The number of nitrogens with one attached hydrogen (secondary N) is 1. The van der Waals surface area contributed by atoms with E-state index in [1.54, 1.807) is 17.0 Å². The van der Waals surface area contributed by atoms with E-state index < -0.39 is 5.97 Å². The van der Waals surface area contributed by atoms with Gasteiger partial charge in [0.1, 0.15) is 5.75 Å². The number of ether oxygens (including phenoxy) is 1. The SMILES string of the molecule is O=CN(c1ccc(OCCC(=O)O)cc1)[C@@H]1CCCNC1. The summed E-state index contributed by atoms with van der Waals surface area (Å²) >= 11 is 0. The molecule has 2 N–H and O–H groups in total. The van der Waals surface area contributed by atoms with Crippen LogP contribution in [-0.2, 0) is 9.59 Å². The second-order valence-electron chi connectivity index (χ2n) is 5.00. The number of amides is 1. The fourth-order valence-corrected chi connectivity index (χ4v) is 2.40. The highest BCUT2D eigenvalue weighted by molar-refractivity contribution is 5.76. The average Bonchev–Trinajstić information content (AvgIpc) is 2.50. The maximum atomic E-state index is 11.3. The molecule has 1 fully saturated rings. The van der Waals surface area contributed by atoms with E-state index in [1.165, 1.54) is 0 Å². The molecule has 1 aliphatic rings. The zero-order valence-corrected chi connectivity index (χ0v) is 11.8. The van der Waals surface area contributed by atoms with Crippen LogP contribution >= 0.6 is 0 Å². The van der Waals surface area contributed by atoms with Crippen LogP contribution in [0.4, 0.5) is 5.69 Å².